The smallest absolute Gasteiger partial charge is 0.159 e. The number of hydrogen-bond donors (Lipinski definition) is 2. The van der Waals surface area contributed by atoms with Crippen molar-refractivity contribution in [1.82, 2.24) is 4.72 Å². The second kappa shape index (κ2) is 29.9. The third-order valence-electron chi connectivity index (χ3n) is 9.94. The maximum atomic E-state index is 12.0. The van der Waals surface area contributed by atoms with Gasteiger partial charge in [0.2, 0.25) is 0 Å². The van der Waals surface area contributed by atoms with Gasteiger partial charge >= 0.3 is 0 Å². The maximum Gasteiger partial charge on any atom is 0.159 e. The Morgan fingerprint density at radius 1 is 0.559 bits per heavy atom. The summed E-state index contributed by atoms with van der Waals surface area (Å²) < 4.78 is 36.2. The molecule has 5 rings (SSSR count). The summed E-state index contributed by atoms with van der Waals surface area (Å²) in [5.74, 6) is 0.112. The second-order valence-electron chi connectivity index (χ2n) is 18.3. The van der Waals surface area contributed by atoms with Gasteiger partial charge in [-0.1, -0.05) is 133 Å². The summed E-state index contributed by atoms with van der Waals surface area (Å²) in [5.41, 5.74) is 17.4. The van der Waals surface area contributed by atoms with Crippen LogP contribution in [0.15, 0.2) is 123 Å². The van der Waals surface area contributed by atoms with Gasteiger partial charge in [0.1, 0.15) is 17.0 Å². The van der Waals surface area contributed by atoms with Gasteiger partial charge in [-0.3, -0.25) is 4.79 Å². The molecule has 0 saturated carbocycles. The molecule has 0 amide bonds. The number of nitrogens with zero attached hydrogens (tertiary/aromatic N) is 2. The first kappa shape index (κ1) is 63.7. The molecule has 0 heterocycles. The summed E-state index contributed by atoms with van der Waals surface area (Å²) in [6.45, 7) is 31.1. The molecule has 15 heteroatoms. The van der Waals surface area contributed by atoms with E-state index in [1.54, 1.807) is 13.8 Å². The molecule has 0 aliphatic carbocycles. The van der Waals surface area contributed by atoms with Crippen LogP contribution in [0.2, 0.25) is 0 Å². The van der Waals surface area contributed by atoms with Crippen LogP contribution in [0.5, 0.6) is 0 Å². The van der Waals surface area contributed by atoms with E-state index in [1.165, 1.54) is 16.7 Å². The molecule has 0 bridgehead atoms. The number of nitrogens with two attached hydrogens (primary N) is 1. The van der Waals surface area contributed by atoms with Crippen LogP contribution in [-0.2, 0) is 22.0 Å². The monoisotopic (exact) mass is 1280 g/mol. The molecule has 5 aromatic rings. The van der Waals surface area contributed by atoms with Crippen molar-refractivity contribution in [3.63, 3.8) is 0 Å². The predicted molar refractivity (Wildman–Crippen MR) is 311 cm³/mol. The topological polar surface area (TPSA) is 131 Å². The van der Waals surface area contributed by atoms with Crippen molar-refractivity contribution in [2.45, 2.75) is 138 Å². The number of aryl methyl sites for hydroxylation is 5. The third-order valence-corrected chi connectivity index (χ3v) is 17.6. The molecular formula is C53H69Br5N4O4S2. The fourth-order valence-corrected chi connectivity index (χ4v) is 8.00. The highest BCUT2D eigenvalue weighted by atomic mass is 79.9. The molecule has 0 aliphatic rings. The molecule has 0 aromatic heterocycles. The van der Waals surface area contributed by atoms with Gasteiger partial charge in [-0.2, -0.15) is 9.30 Å². The van der Waals surface area contributed by atoms with Gasteiger partial charge in [0, 0.05) is 40.0 Å². The van der Waals surface area contributed by atoms with E-state index in [0.717, 1.165) is 67.0 Å². The number of rotatable bonds is 9. The highest BCUT2D eigenvalue weighted by Gasteiger charge is 2.22. The van der Waals surface area contributed by atoms with E-state index < -0.39 is 22.0 Å². The summed E-state index contributed by atoms with van der Waals surface area (Å²) >= 11 is 17.1. The minimum absolute atomic E-state index is 0.0851. The minimum Gasteiger partial charge on any atom is -0.324 e. The van der Waals surface area contributed by atoms with Gasteiger partial charge in [-0.25, -0.2) is 13.1 Å². The molecule has 0 unspecified atom stereocenters. The van der Waals surface area contributed by atoms with Gasteiger partial charge in [-0.05, 0) is 203 Å². The molecule has 0 aliphatic heterocycles. The quantitative estimate of drug-likeness (QED) is 0.0862. The van der Waals surface area contributed by atoms with Crippen LogP contribution < -0.4 is 10.5 Å². The summed E-state index contributed by atoms with van der Waals surface area (Å²) in [6.07, 6.45) is 0. The number of hydrogen-bond acceptors (Lipinski definition) is 6. The number of carbonyl (C=O) groups is 1. The van der Waals surface area contributed by atoms with E-state index in [-0.39, 0.29) is 33.4 Å². The van der Waals surface area contributed by atoms with Crippen molar-refractivity contribution >= 4 is 113 Å². The molecule has 68 heavy (non-hydrogen) atoms. The highest BCUT2D eigenvalue weighted by molar-refractivity contribution is 9.11. The lowest BCUT2D eigenvalue weighted by Gasteiger charge is -2.22. The van der Waals surface area contributed by atoms with E-state index in [4.69, 9.17) is 5.73 Å². The number of Topliss-reactive ketones (excluding diaryl/α,β-unsaturated/α-hetero) is 1. The second-order valence-corrected chi connectivity index (χ2v) is 26.5. The Balaban J connectivity index is 0.000000431. The zero-order chi connectivity index (χ0) is 52.4. The lowest BCUT2D eigenvalue weighted by Crippen LogP contribution is -2.34. The Morgan fingerprint density at radius 3 is 1.28 bits per heavy atom. The van der Waals surface area contributed by atoms with Crippen molar-refractivity contribution in [2.24, 2.45) is 15.3 Å². The number of carbonyl (C=O) groups excluding carboxylic acids is 1. The van der Waals surface area contributed by atoms with Crippen LogP contribution in [0.25, 0.3) is 0 Å². The summed E-state index contributed by atoms with van der Waals surface area (Å²) in [7, 11) is -2.25. The average Bonchev–Trinajstić information content (AvgIpc) is 3.25. The molecule has 8 nitrogen and oxygen atoms in total. The Labute approximate surface area is 454 Å². The van der Waals surface area contributed by atoms with Crippen molar-refractivity contribution in [3.8, 4) is 0 Å². The van der Waals surface area contributed by atoms with E-state index in [1.807, 2.05) is 156 Å². The molecule has 372 valence electrons. The standard InChI is InChI=1S/C13H20BrNOS.C13H18BrNOS.C9H10BrNO.C9H12BrN.C9H9BrO/c2*1-9-8-11(6-7-12(9)14)10(2)15-17(16)13(3,4)5;1-6-5-8(7(2)11-12)3-4-9(6)10;2*1-6-5-8(7(2)11)3-4-9(6)10/h6-8,10,15H,1-5H3;6-8H,1-5H3;3-5,7H,1-2H3;3-5,7H,11H2,1-2H3;3-5H,1-2H3/t10-,17+;17-;2*7-;/m0100./s1. The SMILES string of the molecule is CC(=N[S@](=O)C(C)(C)C)c1ccc(Br)c(C)c1.CC(=O)c1ccc(Br)c(C)c1.Cc1cc([C@H](C)N)ccc1Br.Cc1cc([C@H](C)N=O)ccc1Br.Cc1cc([C@H](C)N[S@](=O)C(C)(C)C)ccc1Br. The average molecular weight is 1290 g/mol. The fraction of sp³-hybridized carbons (Fsp3) is 0.396. The third kappa shape index (κ3) is 22.8. The molecule has 5 atom stereocenters. The lowest BCUT2D eigenvalue weighted by molar-refractivity contribution is 0.101. The van der Waals surface area contributed by atoms with Crippen LogP contribution in [-0.4, -0.2) is 29.4 Å². The van der Waals surface area contributed by atoms with E-state index in [9.17, 15) is 18.1 Å². The van der Waals surface area contributed by atoms with Crippen LogP contribution in [0.1, 0.15) is 155 Å². The van der Waals surface area contributed by atoms with Crippen LogP contribution in [0.3, 0.4) is 0 Å². The first-order valence-electron chi connectivity index (χ1n) is 21.9. The number of ketones is 1. The van der Waals surface area contributed by atoms with Crippen LogP contribution in [0.4, 0.5) is 0 Å². The van der Waals surface area contributed by atoms with E-state index in [2.05, 4.69) is 126 Å². The van der Waals surface area contributed by atoms with Crippen molar-refractivity contribution in [2.75, 3.05) is 0 Å². The lowest BCUT2D eigenvalue weighted by atomic mass is 10.1. The molecule has 3 N–H and O–H groups in total. The van der Waals surface area contributed by atoms with Gasteiger partial charge in [0.05, 0.1) is 26.2 Å². The fourth-order valence-electron chi connectivity index (χ4n) is 5.33. The first-order chi connectivity index (χ1) is 31.3. The molecule has 0 spiro atoms. The van der Waals surface area contributed by atoms with Crippen molar-refractivity contribution < 1.29 is 13.2 Å². The van der Waals surface area contributed by atoms with Crippen molar-refractivity contribution in [1.29, 1.82) is 0 Å². The number of halogens is 5. The van der Waals surface area contributed by atoms with Crippen LogP contribution in [0, 0.1) is 39.5 Å². The number of benzene rings is 5. The largest absolute Gasteiger partial charge is 0.324 e. The van der Waals surface area contributed by atoms with E-state index >= 15 is 0 Å². The highest BCUT2D eigenvalue weighted by Crippen LogP contribution is 2.25. The zero-order valence-electron chi connectivity index (χ0n) is 42.2. The van der Waals surface area contributed by atoms with E-state index in [0.29, 0.717) is 0 Å². The summed E-state index contributed by atoms with van der Waals surface area (Å²) in [5, 5.41) is 2.96. The first-order valence-corrected chi connectivity index (χ1v) is 28.1. The van der Waals surface area contributed by atoms with Gasteiger partial charge in [-0.15, -0.1) is 0 Å². The molecule has 0 radical (unpaired) electrons. The van der Waals surface area contributed by atoms with Crippen molar-refractivity contribution in [3.05, 3.63) is 174 Å². The molecule has 0 saturated heterocycles. The molecule has 0 fully saturated rings. The summed E-state index contributed by atoms with van der Waals surface area (Å²) in [4.78, 5) is 21.1. The normalized spacial score (nSPS) is 13.5. The Kier molecular flexibility index (Phi) is 28.0. The number of nitrogens with one attached hydrogen (secondary N) is 1. The minimum atomic E-state index is -1.20. The predicted octanol–water partition coefficient (Wildman–Crippen LogP) is 17.2. The zero-order valence-corrected chi connectivity index (χ0v) is 51.8. The Hall–Kier alpha value is -2.34. The Bertz CT molecular complexity index is 2550. The van der Waals surface area contributed by atoms with Gasteiger partial charge < -0.3 is 5.73 Å². The Morgan fingerprint density at radius 2 is 0.912 bits per heavy atom. The number of nitroso groups, excluding NO2 is 1. The van der Waals surface area contributed by atoms with Crippen LogP contribution >= 0.6 is 79.6 Å². The van der Waals surface area contributed by atoms with Gasteiger partial charge in [0.25, 0.3) is 0 Å². The van der Waals surface area contributed by atoms with Gasteiger partial charge in [0.15, 0.2) is 5.78 Å². The molecular weight excluding hydrogens is 1220 g/mol. The maximum absolute atomic E-state index is 12.0. The summed E-state index contributed by atoms with van der Waals surface area (Å²) in [6, 6.07) is 29.8. The molecule has 5 aromatic carbocycles.